The monoisotopic (exact) mass is 334 g/mol. The maximum absolute atomic E-state index is 5.79. The topological polar surface area (TPSA) is 18.5 Å². The summed E-state index contributed by atoms with van der Waals surface area (Å²) in [6, 6.07) is 4.10. The third-order valence-electron chi connectivity index (χ3n) is 5.35. The van der Waals surface area contributed by atoms with Crippen LogP contribution in [-0.4, -0.2) is 25.5 Å². The molecule has 0 N–H and O–H groups in total. The lowest BCUT2D eigenvalue weighted by Gasteiger charge is -2.43. The molecule has 2 rings (SSSR count). The van der Waals surface area contributed by atoms with Gasteiger partial charge in [0.15, 0.2) is 0 Å². The molecule has 0 saturated carbocycles. The van der Waals surface area contributed by atoms with Crippen molar-refractivity contribution in [1.29, 1.82) is 0 Å². The molecule has 0 amide bonds. The summed E-state index contributed by atoms with van der Waals surface area (Å²) in [6.45, 7) is 16.4. The average molecular weight is 334 g/mol. The minimum Gasteiger partial charge on any atom is -0.496 e. The zero-order chi connectivity index (χ0) is 17.5. The molecule has 3 heteroatoms. The molecule has 0 fully saturated rings. The third kappa shape index (κ3) is 2.60. The van der Waals surface area contributed by atoms with E-state index in [9.17, 15) is 0 Å². The fourth-order valence-corrected chi connectivity index (χ4v) is 8.75. The number of hydrogen-bond donors (Lipinski definition) is 0. The van der Waals surface area contributed by atoms with Gasteiger partial charge >= 0.3 is 0 Å². The molecule has 128 valence electrons. The van der Waals surface area contributed by atoms with Gasteiger partial charge in [0.25, 0.3) is 0 Å². The highest BCUT2D eigenvalue weighted by molar-refractivity contribution is 7.60. The number of allylic oxidation sites excluding steroid dienone is 2. The van der Waals surface area contributed by atoms with E-state index in [1.165, 1.54) is 22.3 Å². The Bertz CT molecular complexity index is 623. The Kier molecular flexibility index (Phi) is 5.16. The Labute approximate surface area is 143 Å². The molecule has 1 atom stereocenters. The fourth-order valence-electron chi connectivity index (χ4n) is 4.45. The van der Waals surface area contributed by atoms with Crippen molar-refractivity contribution in [2.45, 2.75) is 64.9 Å². The first kappa shape index (κ1) is 18.3. The highest BCUT2D eigenvalue weighted by Gasteiger charge is 2.48. The predicted octanol–water partition coefficient (Wildman–Crippen LogP) is 6.02. The maximum atomic E-state index is 5.79. The number of benzene rings is 1. The van der Waals surface area contributed by atoms with Crippen LogP contribution in [0.2, 0.25) is 0 Å². The molecule has 0 aliphatic heterocycles. The Hall–Kier alpha value is -1.01. The van der Waals surface area contributed by atoms with Crippen molar-refractivity contribution in [1.82, 2.24) is 0 Å². The Balaban J connectivity index is 2.85. The van der Waals surface area contributed by atoms with E-state index in [4.69, 9.17) is 9.47 Å². The van der Waals surface area contributed by atoms with Crippen LogP contribution in [0.3, 0.4) is 0 Å². The minimum atomic E-state index is -0.247. The summed E-state index contributed by atoms with van der Waals surface area (Å²) in [6.07, 6.45) is 0. The molecule has 0 radical (unpaired) electrons. The van der Waals surface area contributed by atoms with Crippen LogP contribution >= 0.6 is 7.92 Å². The van der Waals surface area contributed by atoms with Gasteiger partial charge in [-0.1, -0.05) is 41.2 Å². The van der Waals surface area contributed by atoms with E-state index in [2.05, 4.69) is 54.5 Å². The van der Waals surface area contributed by atoms with E-state index < -0.39 is 0 Å². The van der Waals surface area contributed by atoms with Gasteiger partial charge in [0, 0.05) is 16.3 Å². The molecule has 1 aromatic carbocycles. The molecule has 1 aromatic rings. The van der Waals surface area contributed by atoms with Gasteiger partial charge in [-0.05, 0) is 49.8 Å². The second-order valence-corrected chi connectivity index (χ2v) is 10.9. The van der Waals surface area contributed by atoms with Crippen LogP contribution in [0.25, 0.3) is 5.57 Å². The van der Waals surface area contributed by atoms with Crippen LogP contribution < -0.4 is 9.47 Å². The third-order valence-corrected chi connectivity index (χ3v) is 9.17. The average Bonchev–Trinajstić information content (AvgIpc) is 2.68. The van der Waals surface area contributed by atoms with Crippen molar-refractivity contribution in [3.8, 4) is 11.5 Å². The highest BCUT2D eigenvalue weighted by Crippen LogP contribution is 2.71. The van der Waals surface area contributed by atoms with Gasteiger partial charge in [-0.2, -0.15) is 0 Å². The van der Waals surface area contributed by atoms with Crippen molar-refractivity contribution in [2.24, 2.45) is 0 Å². The van der Waals surface area contributed by atoms with E-state index in [1.54, 1.807) is 14.2 Å². The Morgan fingerprint density at radius 2 is 1.39 bits per heavy atom. The SMILES string of the molecule is COc1ccc(OC)c2c1C(C)=C(C)[C@]2(C)P(C(C)C)C(C)C. The minimum absolute atomic E-state index is 0.0387. The Morgan fingerprint density at radius 3 is 1.83 bits per heavy atom. The first-order valence-corrected chi connectivity index (χ1v) is 9.91. The smallest absolute Gasteiger partial charge is 0.126 e. The summed E-state index contributed by atoms with van der Waals surface area (Å²) in [5, 5.41) is 0.0387. The number of fused-ring (bicyclic) bond motifs is 1. The number of rotatable bonds is 5. The van der Waals surface area contributed by atoms with E-state index in [-0.39, 0.29) is 13.1 Å². The lowest BCUT2D eigenvalue weighted by atomic mass is 9.96. The van der Waals surface area contributed by atoms with Crippen LogP contribution in [-0.2, 0) is 5.16 Å². The Morgan fingerprint density at radius 1 is 0.913 bits per heavy atom. The van der Waals surface area contributed by atoms with Gasteiger partial charge in [-0.3, -0.25) is 0 Å². The number of hydrogen-bond acceptors (Lipinski definition) is 2. The normalized spacial score (nSPS) is 20.7. The molecule has 0 unspecified atom stereocenters. The molecule has 0 saturated heterocycles. The van der Waals surface area contributed by atoms with E-state index in [0.29, 0.717) is 11.3 Å². The van der Waals surface area contributed by atoms with Crippen molar-refractivity contribution in [3.05, 3.63) is 28.8 Å². The molecule has 0 aromatic heterocycles. The molecule has 1 aliphatic rings. The predicted molar refractivity (Wildman–Crippen MR) is 102 cm³/mol. The van der Waals surface area contributed by atoms with E-state index in [1.807, 2.05) is 6.07 Å². The zero-order valence-electron chi connectivity index (χ0n) is 16.1. The lowest BCUT2D eigenvalue weighted by Crippen LogP contribution is -2.27. The largest absolute Gasteiger partial charge is 0.496 e. The van der Waals surface area contributed by atoms with Gasteiger partial charge in [0.2, 0.25) is 0 Å². The fraction of sp³-hybridized carbons (Fsp3) is 0.600. The van der Waals surface area contributed by atoms with Gasteiger partial charge in [-0.25, -0.2) is 0 Å². The summed E-state index contributed by atoms with van der Waals surface area (Å²) < 4.78 is 11.5. The summed E-state index contributed by atoms with van der Waals surface area (Å²) in [5.74, 6) is 1.96. The summed E-state index contributed by atoms with van der Waals surface area (Å²) in [5.41, 5.74) is 6.72. The lowest BCUT2D eigenvalue weighted by molar-refractivity contribution is 0.396. The first-order valence-electron chi connectivity index (χ1n) is 8.43. The molecular weight excluding hydrogens is 303 g/mol. The quantitative estimate of drug-likeness (QED) is 0.613. The molecule has 2 nitrogen and oxygen atoms in total. The number of ether oxygens (including phenoxy) is 2. The van der Waals surface area contributed by atoms with Gasteiger partial charge < -0.3 is 9.47 Å². The van der Waals surface area contributed by atoms with Crippen LogP contribution in [0.4, 0.5) is 0 Å². The maximum Gasteiger partial charge on any atom is 0.126 e. The van der Waals surface area contributed by atoms with Crippen molar-refractivity contribution < 1.29 is 9.47 Å². The highest BCUT2D eigenvalue weighted by atomic mass is 31.1. The summed E-state index contributed by atoms with van der Waals surface area (Å²) in [7, 11) is 3.29. The van der Waals surface area contributed by atoms with Gasteiger partial charge in [-0.15, -0.1) is 0 Å². The first-order chi connectivity index (χ1) is 10.7. The second kappa shape index (κ2) is 6.48. The van der Waals surface area contributed by atoms with Crippen molar-refractivity contribution in [3.63, 3.8) is 0 Å². The van der Waals surface area contributed by atoms with E-state index in [0.717, 1.165) is 11.5 Å². The van der Waals surface area contributed by atoms with Crippen molar-refractivity contribution >= 4 is 13.5 Å². The standard InChI is InChI=1S/C20H31O2P/c1-12(2)23(13(3)4)20(7)15(6)14(5)18-16(21-8)10-11-17(22-9)19(18)20/h10-13H,1-9H3/t20-/m0/s1. The van der Waals surface area contributed by atoms with Gasteiger partial charge in [0.1, 0.15) is 11.5 Å². The summed E-state index contributed by atoms with van der Waals surface area (Å²) >= 11 is 0. The zero-order valence-corrected chi connectivity index (χ0v) is 17.0. The molecule has 1 aliphatic carbocycles. The van der Waals surface area contributed by atoms with Crippen LogP contribution in [0.5, 0.6) is 11.5 Å². The molecule has 0 spiro atoms. The van der Waals surface area contributed by atoms with Crippen molar-refractivity contribution in [2.75, 3.05) is 14.2 Å². The molecular formula is C20H31O2P. The molecule has 0 bridgehead atoms. The van der Waals surface area contributed by atoms with E-state index >= 15 is 0 Å². The van der Waals surface area contributed by atoms with Crippen LogP contribution in [0, 0.1) is 0 Å². The summed E-state index contributed by atoms with van der Waals surface area (Å²) in [4.78, 5) is 0. The number of methoxy groups -OCH3 is 2. The second-order valence-electron chi connectivity index (χ2n) is 7.14. The van der Waals surface area contributed by atoms with Gasteiger partial charge in [0.05, 0.1) is 14.2 Å². The van der Waals surface area contributed by atoms with Crippen LogP contribution in [0.15, 0.2) is 17.7 Å². The van der Waals surface area contributed by atoms with Crippen LogP contribution in [0.1, 0.15) is 59.6 Å². The molecule has 0 heterocycles. The molecule has 23 heavy (non-hydrogen) atoms.